The molecule has 0 saturated heterocycles. The van der Waals surface area contributed by atoms with Gasteiger partial charge in [0, 0.05) is 31.6 Å². The molecule has 0 aliphatic carbocycles. The molecule has 112 valence electrons. The van der Waals surface area contributed by atoms with Crippen molar-refractivity contribution in [3.05, 3.63) is 46.8 Å². The number of nitrogens with zero attached hydrogens (tertiary/aromatic N) is 2. The van der Waals surface area contributed by atoms with Crippen molar-refractivity contribution in [1.29, 1.82) is 0 Å². The Morgan fingerprint density at radius 1 is 1.38 bits per heavy atom. The first kappa shape index (κ1) is 14.3. The molecule has 0 radical (unpaired) electrons. The van der Waals surface area contributed by atoms with Gasteiger partial charge < -0.3 is 9.88 Å². The fourth-order valence-corrected chi connectivity index (χ4v) is 3.02. The van der Waals surface area contributed by atoms with Gasteiger partial charge in [0.2, 0.25) is 0 Å². The average molecular weight is 287 g/mol. The minimum Gasteiger partial charge on any atom is -0.311 e. The molecule has 4 heteroatoms. The second-order valence-corrected chi connectivity index (χ2v) is 6.21. The number of imidazole rings is 1. The summed E-state index contributed by atoms with van der Waals surface area (Å²) in [6, 6.07) is 5.01. The normalized spacial score (nSPS) is 14.5. The summed E-state index contributed by atoms with van der Waals surface area (Å²) in [6.07, 6.45) is 1.90. The third-order valence-corrected chi connectivity index (χ3v) is 3.95. The average Bonchev–Trinajstić information content (AvgIpc) is 2.76. The van der Waals surface area contributed by atoms with Crippen LogP contribution in [0.5, 0.6) is 0 Å². The fourth-order valence-electron chi connectivity index (χ4n) is 3.02. The highest BCUT2D eigenvalue weighted by Gasteiger charge is 2.22. The van der Waals surface area contributed by atoms with E-state index < -0.39 is 0 Å². The van der Waals surface area contributed by atoms with Gasteiger partial charge in [-0.05, 0) is 36.6 Å². The fraction of sp³-hybridized carbons (Fsp3) is 0.471. The first-order valence-electron chi connectivity index (χ1n) is 7.63. The molecule has 1 aliphatic rings. The summed E-state index contributed by atoms with van der Waals surface area (Å²) in [6.45, 7) is 8.17. The first-order chi connectivity index (χ1) is 10.1. The number of hydrogen-bond donors (Lipinski definition) is 1. The van der Waals surface area contributed by atoms with E-state index in [0.717, 1.165) is 48.7 Å². The maximum absolute atomic E-state index is 13.4. The second-order valence-electron chi connectivity index (χ2n) is 6.21. The van der Waals surface area contributed by atoms with E-state index in [-0.39, 0.29) is 5.82 Å². The Kier molecular flexibility index (Phi) is 3.81. The summed E-state index contributed by atoms with van der Waals surface area (Å²) in [5, 5.41) is 3.37. The lowest BCUT2D eigenvalue weighted by atomic mass is 10.1. The van der Waals surface area contributed by atoms with Gasteiger partial charge in [0.25, 0.3) is 0 Å². The van der Waals surface area contributed by atoms with E-state index in [1.54, 1.807) is 6.07 Å². The zero-order valence-corrected chi connectivity index (χ0v) is 12.9. The van der Waals surface area contributed by atoms with Crippen LogP contribution >= 0.6 is 0 Å². The molecule has 3 nitrogen and oxygen atoms in total. The largest absolute Gasteiger partial charge is 0.311 e. The third kappa shape index (κ3) is 2.72. The van der Waals surface area contributed by atoms with Gasteiger partial charge in [-0.1, -0.05) is 13.8 Å². The number of aryl methyl sites for hydroxylation is 1. The summed E-state index contributed by atoms with van der Waals surface area (Å²) >= 11 is 0. The predicted molar refractivity (Wildman–Crippen MR) is 82.2 cm³/mol. The van der Waals surface area contributed by atoms with Crippen molar-refractivity contribution in [2.45, 2.75) is 40.2 Å². The number of rotatable bonds is 3. The zero-order valence-electron chi connectivity index (χ0n) is 12.9. The Morgan fingerprint density at radius 3 is 2.90 bits per heavy atom. The van der Waals surface area contributed by atoms with Gasteiger partial charge in [-0.15, -0.1) is 0 Å². The van der Waals surface area contributed by atoms with Crippen LogP contribution < -0.4 is 5.32 Å². The van der Waals surface area contributed by atoms with Crippen molar-refractivity contribution in [1.82, 2.24) is 14.9 Å². The Bertz CT molecular complexity index is 658. The molecule has 0 fully saturated rings. The van der Waals surface area contributed by atoms with Crippen LogP contribution in [0.3, 0.4) is 0 Å². The maximum Gasteiger partial charge on any atom is 0.123 e. The van der Waals surface area contributed by atoms with E-state index in [9.17, 15) is 4.39 Å². The molecule has 2 heterocycles. The Hall–Kier alpha value is -1.68. The van der Waals surface area contributed by atoms with Gasteiger partial charge >= 0.3 is 0 Å². The standard InChI is InChI=1S/C17H22FN3/c1-11(2)8-17-20-14-10-19-7-6-16(14)21(17)15-5-4-13(18)9-12(15)3/h4-5,9,11,19H,6-8,10H2,1-3H3. The van der Waals surface area contributed by atoms with Gasteiger partial charge in [-0.2, -0.15) is 0 Å². The van der Waals surface area contributed by atoms with Crippen LogP contribution in [-0.4, -0.2) is 16.1 Å². The van der Waals surface area contributed by atoms with E-state index in [2.05, 4.69) is 23.7 Å². The van der Waals surface area contributed by atoms with Gasteiger partial charge in [0.1, 0.15) is 11.6 Å². The number of benzene rings is 1. The van der Waals surface area contributed by atoms with Gasteiger partial charge in [0.15, 0.2) is 0 Å². The molecule has 3 rings (SSSR count). The van der Waals surface area contributed by atoms with Crippen molar-refractivity contribution in [2.24, 2.45) is 5.92 Å². The highest BCUT2D eigenvalue weighted by molar-refractivity contribution is 5.45. The Balaban J connectivity index is 2.16. The van der Waals surface area contributed by atoms with Crippen LogP contribution in [0.25, 0.3) is 5.69 Å². The highest BCUT2D eigenvalue weighted by atomic mass is 19.1. The van der Waals surface area contributed by atoms with E-state index in [0.29, 0.717) is 5.92 Å². The van der Waals surface area contributed by atoms with E-state index in [1.165, 1.54) is 11.8 Å². The number of halogens is 1. The zero-order chi connectivity index (χ0) is 15.0. The molecular weight excluding hydrogens is 265 g/mol. The van der Waals surface area contributed by atoms with Crippen molar-refractivity contribution >= 4 is 0 Å². The summed E-state index contributed by atoms with van der Waals surface area (Å²) < 4.78 is 15.7. The molecule has 0 saturated carbocycles. The molecule has 2 aromatic rings. The monoisotopic (exact) mass is 287 g/mol. The molecule has 1 aromatic heterocycles. The lowest BCUT2D eigenvalue weighted by molar-refractivity contribution is 0.605. The lowest BCUT2D eigenvalue weighted by Gasteiger charge is -2.18. The molecule has 0 amide bonds. The third-order valence-electron chi connectivity index (χ3n) is 3.95. The predicted octanol–water partition coefficient (Wildman–Crippen LogP) is 3.16. The van der Waals surface area contributed by atoms with Gasteiger partial charge in [0.05, 0.1) is 11.4 Å². The molecule has 0 unspecified atom stereocenters. The van der Waals surface area contributed by atoms with Crippen molar-refractivity contribution in [3.63, 3.8) is 0 Å². The minimum absolute atomic E-state index is 0.183. The Labute approximate surface area is 125 Å². The molecule has 1 N–H and O–H groups in total. The van der Waals surface area contributed by atoms with Crippen molar-refractivity contribution < 1.29 is 4.39 Å². The van der Waals surface area contributed by atoms with Gasteiger partial charge in [-0.3, -0.25) is 0 Å². The highest BCUT2D eigenvalue weighted by Crippen LogP contribution is 2.25. The smallest absolute Gasteiger partial charge is 0.123 e. The molecule has 0 bridgehead atoms. The van der Waals surface area contributed by atoms with E-state index in [4.69, 9.17) is 4.98 Å². The summed E-state index contributed by atoms with van der Waals surface area (Å²) in [4.78, 5) is 4.84. The Morgan fingerprint density at radius 2 is 2.19 bits per heavy atom. The van der Waals surface area contributed by atoms with E-state index in [1.807, 2.05) is 13.0 Å². The molecular formula is C17H22FN3. The maximum atomic E-state index is 13.4. The molecule has 1 aromatic carbocycles. The minimum atomic E-state index is -0.183. The van der Waals surface area contributed by atoms with Crippen LogP contribution in [-0.2, 0) is 19.4 Å². The van der Waals surface area contributed by atoms with E-state index >= 15 is 0 Å². The SMILES string of the molecule is Cc1cc(F)ccc1-n1c(CC(C)C)nc2c1CCNC2. The first-order valence-corrected chi connectivity index (χ1v) is 7.63. The van der Waals surface area contributed by atoms with Crippen LogP contribution in [0.15, 0.2) is 18.2 Å². The number of aromatic nitrogens is 2. The molecule has 1 aliphatic heterocycles. The summed E-state index contributed by atoms with van der Waals surface area (Å²) in [7, 11) is 0. The van der Waals surface area contributed by atoms with Crippen LogP contribution in [0.4, 0.5) is 4.39 Å². The topological polar surface area (TPSA) is 29.9 Å². The lowest BCUT2D eigenvalue weighted by Crippen LogP contribution is -2.25. The molecule has 0 spiro atoms. The van der Waals surface area contributed by atoms with Crippen molar-refractivity contribution in [3.8, 4) is 5.69 Å². The van der Waals surface area contributed by atoms with Crippen molar-refractivity contribution in [2.75, 3.05) is 6.54 Å². The molecule has 21 heavy (non-hydrogen) atoms. The second kappa shape index (κ2) is 5.60. The van der Waals surface area contributed by atoms with Gasteiger partial charge in [-0.25, -0.2) is 9.37 Å². The van der Waals surface area contributed by atoms with Crippen LogP contribution in [0, 0.1) is 18.7 Å². The van der Waals surface area contributed by atoms with Crippen LogP contribution in [0.2, 0.25) is 0 Å². The van der Waals surface area contributed by atoms with Crippen LogP contribution in [0.1, 0.15) is 36.6 Å². The molecule has 0 atom stereocenters. The number of hydrogen-bond acceptors (Lipinski definition) is 2. The number of nitrogens with one attached hydrogen (secondary N) is 1. The quantitative estimate of drug-likeness (QED) is 0.939. The summed E-state index contributed by atoms with van der Waals surface area (Å²) in [5.74, 6) is 1.45. The summed E-state index contributed by atoms with van der Waals surface area (Å²) in [5.41, 5.74) is 4.43. The number of fused-ring (bicyclic) bond motifs is 1.